The van der Waals surface area contributed by atoms with Crippen molar-refractivity contribution in [2.24, 2.45) is 0 Å². The molecule has 1 saturated heterocycles. The summed E-state index contributed by atoms with van der Waals surface area (Å²) >= 11 is 5.99. The molecule has 5 heteroatoms. The molecule has 1 atom stereocenters. The van der Waals surface area contributed by atoms with Crippen molar-refractivity contribution in [3.8, 4) is 0 Å². The van der Waals surface area contributed by atoms with Gasteiger partial charge in [-0.1, -0.05) is 11.6 Å². The lowest BCUT2D eigenvalue weighted by atomic mass is 10.2. The van der Waals surface area contributed by atoms with Crippen LogP contribution in [0.2, 0.25) is 5.15 Å². The van der Waals surface area contributed by atoms with Gasteiger partial charge in [0.1, 0.15) is 11.3 Å². The minimum absolute atomic E-state index is 0.185. The maximum atomic E-state index is 5.99. The molecule has 2 rings (SSSR count). The standard InChI is InChI=1S/C10H13ClN2O2/c1-6-7(2)12-10(13-9(6)11)8-5-14-3-4-15-8/h8H,3-5H2,1-2H3. The Morgan fingerprint density at radius 1 is 1.27 bits per heavy atom. The molecule has 1 aliphatic rings. The molecule has 0 aromatic carbocycles. The number of halogens is 1. The fourth-order valence-corrected chi connectivity index (χ4v) is 1.62. The molecule has 15 heavy (non-hydrogen) atoms. The summed E-state index contributed by atoms with van der Waals surface area (Å²) in [6.07, 6.45) is -0.185. The van der Waals surface area contributed by atoms with E-state index in [1.54, 1.807) is 0 Å². The van der Waals surface area contributed by atoms with Crippen LogP contribution >= 0.6 is 11.6 Å². The van der Waals surface area contributed by atoms with Gasteiger partial charge in [0.2, 0.25) is 0 Å². The van der Waals surface area contributed by atoms with Crippen LogP contribution in [-0.2, 0) is 9.47 Å². The molecule has 1 unspecified atom stereocenters. The second-order valence-electron chi connectivity index (χ2n) is 3.52. The summed E-state index contributed by atoms with van der Waals surface area (Å²) in [6.45, 7) is 5.53. The van der Waals surface area contributed by atoms with Gasteiger partial charge in [0.25, 0.3) is 0 Å². The van der Waals surface area contributed by atoms with Gasteiger partial charge >= 0.3 is 0 Å². The summed E-state index contributed by atoms with van der Waals surface area (Å²) in [5.74, 6) is 0.614. The van der Waals surface area contributed by atoms with E-state index in [9.17, 15) is 0 Å². The van der Waals surface area contributed by atoms with Crippen LogP contribution in [0.4, 0.5) is 0 Å². The molecule has 0 aliphatic carbocycles. The van der Waals surface area contributed by atoms with Crippen LogP contribution in [0.15, 0.2) is 0 Å². The molecule has 82 valence electrons. The Hall–Kier alpha value is -0.710. The predicted molar refractivity (Wildman–Crippen MR) is 56.0 cm³/mol. The number of nitrogens with zero attached hydrogens (tertiary/aromatic N) is 2. The third-order valence-corrected chi connectivity index (χ3v) is 2.82. The lowest BCUT2D eigenvalue weighted by Crippen LogP contribution is -2.24. The Morgan fingerprint density at radius 2 is 2.07 bits per heavy atom. The molecule has 0 saturated carbocycles. The van der Waals surface area contributed by atoms with Gasteiger partial charge in [-0.3, -0.25) is 0 Å². The van der Waals surface area contributed by atoms with Crippen LogP contribution in [-0.4, -0.2) is 29.8 Å². The van der Waals surface area contributed by atoms with E-state index in [0.717, 1.165) is 11.3 Å². The Morgan fingerprint density at radius 3 is 2.67 bits per heavy atom. The van der Waals surface area contributed by atoms with Crippen LogP contribution in [0.25, 0.3) is 0 Å². The van der Waals surface area contributed by atoms with Gasteiger partial charge < -0.3 is 9.47 Å². The van der Waals surface area contributed by atoms with Gasteiger partial charge in [0.15, 0.2) is 5.82 Å². The lowest BCUT2D eigenvalue weighted by Gasteiger charge is -2.22. The third kappa shape index (κ3) is 2.27. The first-order chi connectivity index (χ1) is 7.18. The van der Waals surface area contributed by atoms with Gasteiger partial charge in [-0.25, -0.2) is 9.97 Å². The molecule has 1 fully saturated rings. The second kappa shape index (κ2) is 4.43. The SMILES string of the molecule is Cc1nc(C2COCCO2)nc(Cl)c1C. The van der Waals surface area contributed by atoms with Crippen molar-refractivity contribution in [2.75, 3.05) is 19.8 Å². The zero-order valence-corrected chi connectivity index (χ0v) is 9.54. The first kappa shape index (κ1) is 10.8. The number of hydrogen-bond acceptors (Lipinski definition) is 4. The Bertz CT molecular complexity index is 341. The molecular formula is C10H13ClN2O2. The van der Waals surface area contributed by atoms with Crippen molar-refractivity contribution in [2.45, 2.75) is 20.0 Å². The van der Waals surface area contributed by atoms with E-state index in [1.807, 2.05) is 13.8 Å². The zero-order valence-electron chi connectivity index (χ0n) is 8.79. The second-order valence-corrected chi connectivity index (χ2v) is 3.88. The molecule has 1 aromatic heterocycles. The maximum absolute atomic E-state index is 5.99. The molecule has 1 aliphatic heterocycles. The summed E-state index contributed by atoms with van der Waals surface area (Å²) < 4.78 is 10.8. The van der Waals surface area contributed by atoms with E-state index in [-0.39, 0.29) is 6.10 Å². The van der Waals surface area contributed by atoms with Crippen molar-refractivity contribution < 1.29 is 9.47 Å². The summed E-state index contributed by atoms with van der Waals surface area (Å²) in [6, 6.07) is 0. The van der Waals surface area contributed by atoms with E-state index in [1.165, 1.54) is 0 Å². The average Bonchev–Trinajstić information content (AvgIpc) is 2.26. The highest BCUT2D eigenvalue weighted by Gasteiger charge is 2.20. The maximum Gasteiger partial charge on any atom is 0.161 e. The molecule has 0 spiro atoms. The summed E-state index contributed by atoms with van der Waals surface area (Å²) in [5, 5.41) is 0.492. The fraction of sp³-hybridized carbons (Fsp3) is 0.600. The molecule has 0 radical (unpaired) electrons. The van der Waals surface area contributed by atoms with Crippen LogP contribution in [0, 0.1) is 13.8 Å². The highest BCUT2D eigenvalue weighted by molar-refractivity contribution is 6.30. The van der Waals surface area contributed by atoms with Crippen molar-refractivity contribution >= 4 is 11.6 Å². The topological polar surface area (TPSA) is 44.2 Å². The van der Waals surface area contributed by atoms with Gasteiger partial charge in [-0.05, 0) is 13.8 Å². The average molecular weight is 229 g/mol. The van der Waals surface area contributed by atoms with Crippen LogP contribution < -0.4 is 0 Å². The van der Waals surface area contributed by atoms with E-state index in [2.05, 4.69) is 9.97 Å². The van der Waals surface area contributed by atoms with Crippen LogP contribution in [0.3, 0.4) is 0 Å². The van der Waals surface area contributed by atoms with Gasteiger partial charge in [0.05, 0.1) is 19.8 Å². The number of hydrogen-bond donors (Lipinski definition) is 0. The molecule has 0 N–H and O–H groups in total. The quantitative estimate of drug-likeness (QED) is 0.688. The molecule has 0 bridgehead atoms. The van der Waals surface area contributed by atoms with Gasteiger partial charge in [-0.2, -0.15) is 0 Å². The summed E-state index contributed by atoms with van der Waals surface area (Å²) in [5.41, 5.74) is 1.80. The summed E-state index contributed by atoms with van der Waals surface area (Å²) in [7, 11) is 0. The minimum atomic E-state index is -0.185. The fourth-order valence-electron chi connectivity index (χ4n) is 1.40. The Labute approximate surface area is 93.6 Å². The summed E-state index contributed by atoms with van der Waals surface area (Å²) in [4.78, 5) is 8.56. The first-order valence-corrected chi connectivity index (χ1v) is 5.26. The van der Waals surface area contributed by atoms with Crippen molar-refractivity contribution in [3.05, 3.63) is 22.2 Å². The smallest absolute Gasteiger partial charge is 0.161 e. The largest absolute Gasteiger partial charge is 0.376 e. The van der Waals surface area contributed by atoms with Crippen molar-refractivity contribution in [1.29, 1.82) is 0 Å². The van der Waals surface area contributed by atoms with E-state index < -0.39 is 0 Å². The molecule has 1 aromatic rings. The van der Waals surface area contributed by atoms with Gasteiger partial charge in [0, 0.05) is 11.3 Å². The normalized spacial score (nSPS) is 21.7. The minimum Gasteiger partial charge on any atom is -0.376 e. The van der Waals surface area contributed by atoms with E-state index >= 15 is 0 Å². The van der Waals surface area contributed by atoms with E-state index in [4.69, 9.17) is 21.1 Å². The third-order valence-electron chi connectivity index (χ3n) is 2.45. The highest BCUT2D eigenvalue weighted by atomic mass is 35.5. The van der Waals surface area contributed by atoms with Crippen LogP contribution in [0.5, 0.6) is 0 Å². The predicted octanol–water partition coefficient (Wildman–Crippen LogP) is 1.83. The Balaban J connectivity index is 2.27. The molecule has 4 nitrogen and oxygen atoms in total. The first-order valence-electron chi connectivity index (χ1n) is 4.88. The zero-order chi connectivity index (χ0) is 10.8. The number of ether oxygens (including phenoxy) is 2. The molecule has 2 heterocycles. The number of aryl methyl sites for hydroxylation is 1. The van der Waals surface area contributed by atoms with Crippen molar-refractivity contribution in [3.63, 3.8) is 0 Å². The van der Waals surface area contributed by atoms with Gasteiger partial charge in [-0.15, -0.1) is 0 Å². The molecular weight excluding hydrogens is 216 g/mol. The van der Waals surface area contributed by atoms with Crippen LogP contribution in [0.1, 0.15) is 23.2 Å². The lowest BCUT2D eigenvalue weighted by molar-refractivity contribution is -0.0935. The molecule has 0 amide bonds. The Kier molecular flexibility index (Phi) is 3.19. The number of aromatic nitrogens is 2. The van der Waals surface area contributed by atoms with Crippen molar-refractivity contribution in [1.82, 2.24) is 9.97 Å². The number of rotatable bonds is 1. The van der Waals surface area contributed by atoms with E-state index in [0.29, 0.717) is 30.8 Å². The monoisotopic (exact) mass is 228 g/mol. The highest BCUT2D eigenvalue weighted by Crippen LogP contribution is 2.21.